The second-order valence-electron chi connectivity index (χ2n) is 11.6. The predicted octanol–water partition coefficient (Wildman–Crippen LogP) is 5.66. The minimum absolute atomic E-state index is 0.0609. The van der Waals surface area contributed by atoms with E-state index >= 15 is 0 Å². The van der Waals surface area contributed by atoms with Crippen molar-refractivity contribution in [2.24, 2.45) is 5.92 Å². The zero-order chi connectivity index (χ0) is 30.9. The number of benzene rings is 2. The van der Waals surface area contributed by atoms with Crippen molar-refractivity contribution in [3.8, 4) is 6.07 Å². The number of anilines is 1. The number of halogens is 3. The molecule has 0 bridgehead atoms. The van der Waals surface area contributed by atoms with E-state index in [1.807, 2.05) is 6.07 Å². The molecule has 2 aromatic rings. The molecule has 1 saturated heterocycles. The number of carbonyl (C=O) groups excluding carboxylic acids is 3. The summed E-state index contributed by atoms with van der Waals surface area (Å²) in [5.41, 5.74) is 0.251. The van der Waals surface area contributed by atoms with Crippen molar-refractivity contribution in [1.82, 2.24) is 9.80 Å². The average Bonchev–Trinajstić information content (AvgIpc) is 3.00. The van der Waals surface area contributed by atoms with Crippen LogP contribution in [0.1, 0.15) is 68.6 Å². The van der Waals surface area contributed by atoms with Gasteiger partial charge in [-0.3, -0.25) is 24.2 Å². The summed E-state index contributed by atoms with van der Waals surface area (Å²) in [7, 11) is 0. The van der Waals surface area contributed by atoms with E-state index in [0.717, 1.165) is 29.9 Å². The van der Waals surface area contributed by atoms with E-state index in [9.17, 15) is 32.8 Å². The van der Waals surface area contributed by atoms with Gasteiger partial charge >= 0.3 is 6.18 Å². The summed E-state index contributed by atoms with van der Waals surface area (Å²) < 4.78 is 40.9. The number of hydrogen-bond donors (Lipinski definition) is 0. The van der Waals surface area contributed by atoms with E-state index in [4.69, 9.17) is 0 Å². The maximum Gasteiger partial charge on any atom is 0.416 e. The number of amides is 2. The highest BCUT2D eigenvalue weighted by Crippen LogP contribution is 2.44. The monoisotopic (exact) mass is 592 g/mol. The maximum absolute atomic E-state index is 14.4. The molecule has 1 saturated carbocycles. The van der Waals surface area contributed by atoms with Crippen molar-refractivity contribution in [2.45, 2.75) is 64.1 Å². The largest absolute Gasteiger partial charge is 0.416 e. The Kier molecular flexibility index (Phi) is 8.74. The number of hydrogen-bond acceptors (Lipinski definition) is 5. The molecule has 10 heteroatoms. The van der Waals surface area contributed by atoms with Crippen LogP contribution in [0, 0.1) is 17.2 Å². The molecule has 0 radical (unpaired) electrons. The average molecular weight is 593 g/mol. The van der Waals surface area contributed by atoms with Crippen molar-refractivity contribution in [1.29, 1.82) is 5.26 Å². The lowest BCUT2D eigenvalue weighted by Crippen LogP contribution is -2.57. The van der Waals surface area contributed by atoms with E-state index in [1.165, 1.54) is 45.2 Å². The van der Waals surface area contributed by atoms with Crippen LogP contribution < -0.4 is 4.90 Å². The molecule has 2 atom stereocenters. The number of nitrogens with zero attached hydrogens (tertiary/aromatic N) is 4. The quantitative estimate of drug-likeness (QED) is 0.418. The smallest absolute Gasteiger partial charge is 0.339 e. The van der Waals surface area contributed by atoms with Crippen LogP contribution in [-0.4, -0.2) is 59.6 Å². The van der Waals surface area contributed by atoms with Crippen LogP contribution >= 0.6 is 0 Å². The highest BCUT2D eigenvalue weighted by atomic mass is 19.4. The second kappa shape index (κ2) is 12.3. The fraction of sp³-hybridized carbons (Fsp3) is 0.455. The molecule has 0 spiro atoms. The third kappa shape index (κ3) is 6.09. The van der Waals surface area contributed by atoms with Gasteiger partial charge < -0.3 is 4.90 Å². The molecule has 0 N–H and O–H groups in total. The van der Waals surface area contributed by atoms with Crippen LogP contribution in [-0.2, 0) is 20.6 Å². The molecule has 2 heterocycles. The highest BCUT2D eigenvalue weighted by Gasteiger charge is 2.49. The van der Waals surface area contributed by atoms with Crippen molar-refractivity contribution in [3.63, 3.8) is 0 Å². The van der Waals surface area contributed by atoms with E-state index in [1.54, 1.807) is 29.2 Å². The van der Waals surface area contributed by atoms with E-state index in [2.05, 4.69) is 4.90 Å². The first-order chi connectivity index (χ1) is 20.5. The molecule has 2 unspecified atom stereocenters. The van der Waals surface area contributed by atoms with Crippen LogP contribution in [0.25, 0.3) is 0 Å². The third-order valence-electron chi connectivity index (χ3n) is 9.05. The van der Waals surface area contributed by atoms with Gasteiger partial charge in [-0.2, -0.15) is 18.4 Å². The zero-order valence-corrected chi connectivity index (χ0v) is 24.4. The fourth-order valence-electron chi connectivity index (χ4n) is 6.90. The van der Waals surface area contributed by atoms with Gasteiger partial charge in [-0.15, -0.1) is 0 Å². The normalized spacial score (nSPS) is 22.5. The van der Waals surface area contributed by atoms with Gasteiger partial charge in [0, 0.05) is 55.1 Å². The van der Waals surface area contributed by atoms with Gasteiger partial charge in [0.1, 0.15) is 5.92 Å². The minimum atomic E-state index is -4.64. The first-order valence-corrected chi connectivity index (χ1v) is 14.8. The van der Waals surface area contributed by atoms with Crippen molar-refractivity contribution < 1.29 is 27.6 Å². The predicted molar refractivity (Wildman–Crippen MR) is 155 cm³/mol. The lowest BCUT2D eigenvalue weighted by Gasteiger charge is -2.44. The SMILES string of the molecule is CC(=O)C1=C(C)N(c2cccc(C(F)(F)F)c2)C(=O)C(C(=O)N2CCN(C3CCCCC3)CC2)C1c1ccc(C#N)cc1. The van der Waals surface area contributed by atoms with Gasteiger partial charge in [-0.25, -0.2) is 0 Å². The molecule has 43 heavy (non-hydrogen) atoms. The Balaban J connectivity index is 1.56. The van der Waals surface area contributed by atoms with Crippen LogP contribution in [0.2, 0.25) is 0 Å². The van der Waals surface area contributed by atoms with Gasteiger partial charge in [0.2, 0.25) is 11.8 Å². The summed E-state index contributed by atoms with van der Waals surface area (Å²) in [6, 6.07) is 13.3. The van der Waals surface area contributed by atoms with Crippen molar-refractivity contribution in [3.05, 3.63) is 76.5 Å². The first kappa shape index (κ1) is 30.5. The summed E-state index contributed by atoms with van der Waals surface area (Å²) in [5, 5.41) is 9.31. The summed E-state index contributed by atoms with van der Waals surface area (Å²) in [5.74, 6) is -3.85. The highest BCUT2D eigenvalue weighted by molar-refractivity contribution is 6.15. The molecule has 3 aliphatic rings. The van der Waals surface area contributed by atoms with E-state index < -0.39 is 41.2 Å². The third-order valence-corrected chi connectivity index (χ3v) is 9.05. The summed E-state index contributed by atoms with van der Waals surface area (Å²) >= 11 is 0. The lowest BCUT2D eigenvalue weighted by molar-refractivity contribution is -0.144. The number of nitriles is 1. The summed E-state index contributed by atoms with van der Waals surface area (Å²) in [6.45, 7) is 5.03. The molecule has 2 aliphatic heterocycles. The summed E-state index contributed by atoms with van der Waals surface area (Å²) in [4.78, 5) is 47.1. The Hall–Kier alpha value is -3.97. The van der Waals surface area contributed by atoms with Gasteiger partial charge in [0.15, 0.2) is 5.78 Å². The Morgan fingerprint density at radius 1 is 0.953 bits per heavy atom. The van der Waals surface area contributed by atoms with Crippen LogP contribution in [0.5, 0.6) is 0 Å². The standard InChI is InChI=1S/C33H35F3N4O3/c1-21-28(22(2)41)29(24-13-11-23(20-37)12-14-24)30(32(43)40(21)27-10-6-7-25(19-27)33(34,35)36)31(42)39-17-15-38(16-18-39)26-8-4-3-5-9-26/h6-7,10-14,19,26,29-30H,3-5,8-9,15-18H2,1-2H3. The Labute approximate surface area is 249 Å². The topological polar surface area (TPSA) is 84.7 Å². The van der Waals surface area contributed by atoms with E-state index in [0.29, 0.717) is 43.3 Å². The zero-order valence-electron chi connectivity index (χ0n) is 24.4. The number of piperazine rings is 1. The Morgan fingerprint density at radius 2 is 1.60 bits per heavy atom. The fourth-order valence-corrected chi connectivity index (χ4v) is 6.90. The van der Waals surface area contributed by atoms with Gasteiger partial charge in [-0.1, -0.05) is 37.5 Å². The molecule has 0 aromatic heterocycles. The molecule has 7 nitrogen and oxygen atoms in total. The number of carbonyl (C=O) groups is 3. The van der Waals surface area contributed by atoms with Crippen LogP contribution in [0.3, 0.4) is 0 Å². The number of ketones is 1. The number of Topliss-reactive ketones (excluding diaryl/α,β-unsaturated/α-hetero) is 1. The number of allylic oxidation sites excluding steroid dienone is 2. The molecule has 1 aliphatic carbocycles. The van der Waals surface area contributed by atoms with E-state index in [-0.39, 0.29) is 17.0 Å². The van der Waals surface area contributed by atoms with Gasteiger partial charge in [0.05, 0.1) is 17.2 Å². The molecule has 226 valence electrons. The molecule has 5 rings (SSSR count). The van der Waals surface area contributed by atoms with Crippen LogP contribution in [0.4, 0.5) is 18.9 Å². The minimum Gasteiger partial charge on any atom is -0.339 e. The molecule has 2 fully saturated rings. The molecular weight excluding hydrogens is 557 g/mol. The molecule has 2 aromatic carbocycles. The van der Waals surface area contributed by atoms with Crippen molar-refractivity contribution >= 4 is 23.3 Å². The van der Waals surface area contributed by atoms with Crippen molar-refractivity contribution in [2.75, 3.05) is 31.1 Å². The Bertz CT molecular complexity index is 1460. The summed E-state index contributed by atoms with van der Waals surface area (Å²) in [6.07, 6.45) is 1.24. The van der Waals surface area contributed by atoms with Gasteiger partial charge in [-0.05, 0) is 62.6 Å². The second-order valence-corrected chi connectivity index (χ2v) is 11.6. The number of rotatable bonds is 5. The van der Waals surface area contributed by atoms with Gasteiger partial charge in [0.25, 0.3) is 0 Å². The lowest BCUT2D eigenvalue weighted by atomic mass is 9.73. The molecular formula is C33H35F3N4O3. The molecule has 2 amide bonds. The Morgan fingerprint density at radius 3 is 2.19 bits per heavy atom. The maximum atomic E-state index is 14.4. The number of alkyl halides is 3. The van der Waals surface area contributed by atoms with Crippen LogP contribution in [0.15, 0.2) is 59.8 Å². The first-order valence-electron chi connectivity index (χ1n) is 14.8.